The van der Waals surface area contributed by atoms with Gasteiger partial charge in [0.15, 0.2) is 0 Å². The first-order valence-electron chi connectivity index (χ1n) is 9.12. The van der Waals surface area contributed by atoms with E-state index in [1.54, 1.807) is 25.1 Å². The molecule has 0 amide bonds. The van der Waals surface area contributed by atoms with Crippen LogP contribution in [0.4, 0.5) is 0 Å². The highest BCUT2D eigenvalue weighted by Crippen LogP contribution is 2.35. The standard InChI is InChI=1S/C22H22ClNO4/c1-4-9-28-21(26)11-16-14(3)24(19-12-18(23)20(25)10-17(16)19)22(27)15-7-5-13(2)6-8-15/h5-8,10,12,25H,4,9,11H2,1-3H3. The summed E-state index contributed by atoms with van der Waals surface area (Å²) in [6.45, 7) is 5.99. The van der Waals surface area contributed by atoms with Crippen LogP contribution in [0, 0.1) is 13.8 Å². The average Bonchev–Trinajstić information content (AvgIpc) is 2.91. The van der Waals surface area contributed by atoms with Crippen LogP contribution in [-0.4, -0.2) is 28.2 Å². The van der Waals surface area contributed by atoms with Crippen LogP contribution in [0.15, 0.2) is 36.4 Å². The lowest BCUT2D eigenvalue weighted by Gasteiger charge is -2.08. The Labute approximate surface area is 168 Å². The molecule has 0 atom stereocenters. The van der Waals surface area contributed by atoms with Gasteiger partial charge in [-0.1, -0.05) is 36.2 Å². The smallest absolute Gasteiger partial charge is 0.310 e. The number of rotatable bonds is 5. The van der Waals surface area contributed by atoms with Gasteiger partial charge in [0.05, 0.1) is 23.6 Å². The molecule has 146 valence electrons. The molecule has 0 bridgehead atoms. The summed E-state index contributed by atoms with van der Waals surface area (Å²) < 4.78 is 6.73. The Balaban J connectivity index is 2.15. The summed E-state index contributed by atoms with van der Waals surface area (Å²) in [5, 5.41) is 10.8. The summed E-state index contributed by atoms with van der Waals surface area (Å²) in [5.41, 5.74) is 3.39. The van der Waals surface area contributed by atoms with Crippen molar-refractivity contribution < 1.29 is 19.4 Å². The van der Waals surface area contributed by atoms with Gasteiger partial charge in [-0.05, 0) is 50.1 Å². The average molecular weight is 400 g/mol. The van der Waals surface area contributed by atoms with E-state index in [-0.39, 0.29) is 29.1 Å². The van der Waals surface area contributed by atoms with Crippen LogP contribution in [0.5, 0.6) is 5.75 Å². The van der Waals surface area contributed by atoms with Crippen LogP contribution in [0.2, 0.25) is 5.02 Å². The van der Waals surface area contributed by atoms with Gasteiger partial charge < -0.3 is 9.84 Å². The molecule has 28 heavy (non-hydrogen) atoms. The molecule has 3 rings (SSSR count). The van der Waals surface area contributed by atoms with Crippen molar-refractivity contribution in [1.82, 2.24) is 4.57 Å². The lowest BCUT2D eigenvalue weighted by Crippen LogP contribution is -2.14. The Morgan fingerprint density at radius 1 is 1.14 bits per heavy atom. The minimum atomic E-state index is -0.374. The third-order valence-corrected chi connectivity index (χ3v) is 5.00. The molecule has 1 aromatic heterocycles. The normalized spacial score (nSPS) is 11.0. The molecule has 0 aliphatic rings. The van der Waals surface area contributed by atoms with Crippen LogP contribution < -0.4 is 0 Å². The molecule has 0 fully saturated rings. The molecule has 2 aromatic carbocycles. The van der Waals surface area contributed by atoms with Crippen LogP contribution in [0.3, 0.4) is 0 Å². The van der Waals surface area contributed by atoms with Gasteiger partial charge >= 0.3 is 5.97 Å². The van der Waals surface area contributed by atoms with Gasteiger partial charge in [0, 0.05) is 16.6 Å². The number of carbonyl (C=O) groups excluding carboxylic acids is 2. The van der Waals surface area contributed by atoms with Crippen molar-refractivity contribution in [2.45, 2.75) is 33.6 Å². The Bertz CT molecular complexity index is 1050. The van der Waals surface area contributed by atoms with E-state index in [1.807, 2.05) is 26.0 Å². The van der Waals surface area contributed by atoms with Gasteiger partial charge in [-0.3, -0.25) is 14.2 Å². The molecule has 0 aliphatic carbocycles. The van der Waals surface area contributed by atoms with Crippen molar-refractivity contribution in [3.8, 4) is 5.75 Å². The number of aromatic nitrogens is 1. The van der Waals surface area contributed by atoms with Crippen molar-refractivity contribution in [1.29, 1.82) is 0 Å². The molecule has 0 spiro atoms. The number of aryl methyl sites for hydroxylation is 1. The number of benzene rings is 2. The summed E-state index contributed by atoms with van der Waals surface area (Å²) in [6, 6.07) is 10.3. The number of phenols is 1. The molecule has 1 N–H and O–H groups in total. The minimum absolute atomic E-state index is 0.0115. The van der Waals surface area contributed by atoms with Gasteiger partial charge in [-0.2, -0.15) is 0 Å². The zero-order valence-electron chi connectivity index (χ0n) is 16.1. The maximum Gasteiger partial charge on any atom is 0.310 e. The van der Waals surface area contributed by atoms with Crippen molar-refractivity contribution in [3.05, 3.63) is 63.8 Å². The summed E-state index contributed by atoms with van der Waals surface area (Å²) in [7, 11) is 0. The highest BCUT2D eigenvalue weighted by Gasteiger charge is 2.23. The number of carbonyl (C=O) groups is 2. The first kappa shape index (κ1) is 20.0. The van der Waals surface area contributed by atoms with Gasteiger partial charge in [0.2, 0.25) is 0 Å². The number of fused-ring (bicyclic) bond motifs is 1. The van der Waals surface area contributed by atoms with Crippen molar-refractivity contribution >= 4 is 34.4 Å². The number of esters is 1. The molecule has 0 saturated heterocycles. The zero-order valence-corrected chi connectivity index (χ0v) is 16.8. The van der Waals surface area contributed by atoms with E-state index in [9.17, 15) is 14.7 Å². The second-order valence-corrected chi connectivity index (χ2v) is 7.20. The lowest BCUT2D eigenvalue weighted by atomic mass is 10.1. The second-order valence-electron chi connectivity index (χ2n) is 6.79. The summed E-state index contributed by atoms with van der Waals surface area (Å²) in [4.78, 5) is 25.4. The fraction of sp³-hybridized carbons (Fsp3) is 0.273. The molecule has 0 unspecified atom stereocenters. The van der Waals surface area contributed by atoms with E-state index in [2.05, 4.69) is 0 Å². The molecule has 0 radical (unpaired) electrons. The van der Waals surface area contributed by atoms with E-state index in [0.29, 0.717) is 34.3 Å². The van der Waals surface area contributed by atoms with E-state index < -0.39 is 0 Å². The summed E-state index contributed by atoms with van der Waals surface area (Å²) in [6.07, 6.45) is 0.742. The summed E-state index contributed by atoms with van der Waals surface area (Å²) >= 11 is 6.10. The lowest BCUT2D eigenvalue weighted by molar-refractivity contribution is -0.142. The predicted molar refractivity (Wildman–Crippen MR) is 109 cm³/mol. The highest BCUT2D eigenvalue weighted by atomic mass is 35.5. The second kappa shape index (κ2) is 8.07. The molecular formula is C22H22ClNO4. The molecule has 1 heterocycles. The van der Waals surface area contributed by atoms with Gasteiger partial charge in [0.1, 0.15) is 5.75 Å². The van der Waals surface area contributed by atoms with Crippen molar-refractivity contribution in [2.75, 3.05) is 6.61 Å². The van der Waals surface area contributed by atoms with Gasteiger partial charge in [-0.25, -0.2) is 0 Å². The Morgan fingerprint density at radius 2 is 1.82 bits per heavy atom. The zero-order chi connectivity index (χ0) is 20.4. The SMILES string of the molecule is CCCOC(=O)Cc1c(C)n(C(=O)c2ccc(C)cc2)c2cc(Cl)c(O)cc12. The quantitative estimate of drug-likeness (QED) is 0.625. The minimum Gasteiger partial charge on any atom is -0.506 e. The number of aromatic hydroxyl groups is 1. The maximum absolute atomic E-state index is 13.2. The van der Waals surface area contributed by atoms with Crippen LogP contribution in [-0.2, 0) is 16.0 Å². The molecule has 6 heteroatoms. The predicted octanol–water partition coefficient (Wildman–Crippen LogP) is 4.80. The van der Waals surface area contributed by atoms with E-state index in [1.165, 1.54) is 10.6 Å². The fourth-order valence-corrected chi connectivity index (χ4v) is 3.37. The van der Waals surface area contributed by atoms with Gasteiger partial charge in [0.25, 0.3) is 5.91 Å². The molecule has 0 aliphatic heterocycles. The van der Waals surface area contributed by atoms with Crippen LogP contribution in [0.25, 0.3) is 10.9 Å². The fourth-order valence-electron chi connectivity index (χ4n) is 3.21. The highest BCUT2D eigenvalue weighted by molar-refractivity contribution is 6.33. The molecule has 3 aromatic rings. The Hall–Kier alpha value is -2.79. The van der Waals surface area contributed by atoms with Crippen LogP contribution in [0.1, 0.15) is 40.5 Å². The number of halogens is 1. The number of phenolic OH excluding ortho intramolecular Hbond substituents is 1. The third kappa shape index (κ3) is 3.76. The van der Waals surface area contributed by atoms with E-state index in [0.717, 1.165) is 12.0 Å². The van der Waals surface area contributed by atoms with Crippen LogP contribution >= 0.6 is 11.6 Å². The molecule has 5 nitrogen and oxygen atoms in total. The maximum atomic E-state index is 13.2. The number of hydrogen-bond donors (Lipinski definition) is 1. The summed E-state index contributed by atoms with van der Waals surface area (Å²) in [5.74, 6) is -0.698. The third-order valence-electron chi connectivity index (χ3n) is 4.69. The number of ether oxygens (including phenoxy) is 1. The van der Waals surface area contributed by atoms with Gasteiger partial charge in [-0.15, -0.1) is 0 Å². The number of hydrogen-bond acceptors (Lipinski definition) is 4. The van der Waals surface area contributed by atoms with E-state index >= 15 is 0 Å². The topological polar surface area (TPSA) is 68.5 Å². The first-order valence-corrected chi connectivity index (χ1v) is 9.50. The molecule has 0 saturated carbocycles. The first-order chi connectivity index (χ1) is 13.3. The van der Waals surface area contributed by atoms with E-state index in [4.69, 9.17) is 16.3 Å². The van der Waals surface area contributed by atoms with Crippen molar-refractivity contribution in [3.63, 3.8) is 0 Å². The Kier molecular flexibility index (Phi) is 5.75. The molecular weight excluding hydrogens is 378 g/mol. The number of nitrogens with zero attached hydrogens (tertiary/aromatic N) is 1. The van der Waals surface area contributed by atoms with Crippen molar-refractivity contribution in [2.24, 2.45) is 0 Å². The Morgan fingerprint density at radius 3 is 2.46 bits per heavy atom. The monoisotopic (exact) mass is 399 g/mol. The largest absolute Gasteiger partial charge is 0.506 e.